The van der Waals surface area contributed by atoms with Crippen molar-refractivity contribution in [2.75, 3.05) is 43.5 Å². The Kier molecular flexibility index (Phi) is 5.63. The van der Waals surface area contributed by atoms with Crippen molar-refractivity contribution in [3.63, 3.8) is 0 Å². The molecule has 26 heavy (non-hydrogen) atoms. The molecule has 3 rings (SSSR count). The third-order valence-electron chi connectivity index (χ3n) is 4.99. The second-order valence-corrected chi connectivity index (χ2v) is 6.57. The number of para-hydroxylation sites is 2. The van der Waals surface area contributed by atoms with Crippen LogP contribution in [0.3, 0.4) is 0 Å². The summed E-state index contributed by atoms with van der Waals surface area (Å²) in [5.41, 5.74) is 1.64. The van der Waals surface area contributed by atoms with Crippen molar-refractivity contribution < 1.29 is 19.5 Å². The van der Waals surface area contributed by atoms with Crippen LogP contribution in [0.1, 0.15) is 6.92 Å². The molecular weight excluding hydrogens is 330 g/mol. The molecule has 0 radical (unpaired) electrons. The summed E-state index contributed by atoms with van der Waals surface area (Å²) in [6, 6.07) is 14.6. The molecule has 1 heterocycles. The maximum absolute atomic E-state index is 12.6. The Morgan fingerprint density at radius 1 is 1.15 bits per heavy atom. The van der Waals surface area contributed by atoms with Gasteiger partial charge in [-0.2, -0.15) is 0 Å². The highest BCUT2D eigenvalue weighted by molar-refractivity contribution is 5.93. The molecule has 0 spiro atoms. The van der Waals surface area contributed by atoms with Crippen molar-refractivity contribution in [1.29, 1.82) is 0 Å². The average molecular weight is 356 g/mol. The molecule has 1 fully saturated rings. The summed E-state index contributed by atoms with van der Waals surface area (Å²) in [6.45, 7) is 5.29. The van der Waals surface area contributed by atoms with Gasteiger partial charge in [-0.3, -0.25) is 4.79 Å². The largest absolute Gasteiger partial charge is 0.506 e. The predicted octanol–water partition coefficient (Wildman–Crippen LogP) is 1.13. The first-order chi connectivity index (χ1) is 12.6. The van der Waals surface area contributed by atoms with Crippen molar-refractivity contribution >= 4 is 17.3 Å². The third kappa shape index (κ3) is 4.08. The van der Waals surface area contributed by atoms with Gasteiger partial charge >= 0.3 is 0 Å². The zero-order valence-corrected chi connectivity index (χ0v) is 15.2. The van der Waals surface area contributed by atoms with Crippen LogP contribution in [0.2, 0.25) is 0 Å². The number of aromatic hydroxyl groups is 1. The Balaban J connectivity index is 1.54. The molecule has 3 N–H and O–H groups in total. The summed E-state index contributed by atoms with van der Waals surface area (Å²) in [6.07, 6.45) is 0. The molecule has 1 amide bonds. The maximum Gasteiger partial charge on any atom is 0.282 e. The minimum absolute atomic E-state index is 0.0150. The first kappa shape index (κ1) is 18.1. The van der Waals surface area contributed by atoms with Gasteiger partial charge in [0.15, 0.2) is 6.04 Å². The van der Waals surface area contributed by atoms with Crippen molar-refractivity contribution in [3.05, 3.63) is 48.5 Å². The van der Waals surface area contributed by atoms with Crippen molar-refractivity contribution in [2.24, 2.45) is 0 Å². The minimum Gasteiger partial charge on any atom is -0.506 e. The number of nitrogens with zero attached hydrogens (tertiary/aromatic N) is 1. The second kappa shape index (κ2) is 8.10. The van der Waals surface area contributed by atoms with Crippen LogP contribution in [0, 0.1) is 0 Å². The van der Waals surface area contributed by atoms with Crippen LogP contribution in [0.4, 0.5) is 11.4 Å². The monoisotopic (exact) mass is 356 g/mol. The van der Waals surface area contributed by atoms with Gasteiger partial charge in [0.2, 0.25) is 0 Å². The van der Waals surface area contributed by atoms with E-state index >= 15 is 0 Å². The number of methoxy groups -OCH3 is 1. The summed E-state index contributed by atoms with van der Waals surface area (Å²) in [4.78, 5) is 16.0. The number of amides is 1. The van der Waals surface area contributed by atoms with E-state index in [9.17, 15) is 9.90 Å². The molecule has 1 aliphatic heterocycles. The molecule has 6 nitrogen and oxygen atoms in total. The van der Waals surface area contributed by atoms with Crippen LogP contribution in [0.5, 0.6) is 11.5 Å². The lowest BCUT2D eigenvalue weighted by atomic mass is 10.2. The molecule has 0 unspecified atom stereocenters. The number of phenolic OH excluding ortho intramolecular Hbond substituents is 1. The Bertz CT molecular complexity index is 740. The second-order valence-electron chi connectivity index (χ2n) is 6.57. The van der Waals surface area contributed by atoms with Gasteiger partial charge < -0.3 is 25.0 Å². The standard InChI is InChI=1S/C20H25N3O3/c1-15(20(25)21-16-7-9-17(26-2)10-8-16)22-11-13-23(14-12-22)18-5-3-4-6-19(18)24/h3-10,15,24H,11-14H2,1-2H3,(H,21,25)/p+1/t15-/m0/s1. The van der Waals surface area contributed by atoms with Gasteiger partial charge in [0.1, 0.15) is 11.5 Å². The molecular formula is C20H26N3O3+. The Morgan fingerprint density at radius 2 is 1.81 bits per heavy atom. The number of ether oxygens (including phenoxy) is 1. The predicted molar refractivity (Wildman–Crippen MR) is 102 cm³/mol. The summed E-state index contributed by atoms with van der Waals surface area (Å²) in [7, 11) is 1.62. The van der Waals surface area contributed by atoms with E-state index in [0.717, 1.165) is 43.3 Å². The van der Waals surface area contributed by atoms with Crippen LogP contribution in [-0.4, -0.2) is 50.3 Å². The lowest BCUT2D eigenvalue weighted by Crippen LogP contribution is -3.19. The lowest BCUT2D eigenvalue weighted by molar-refractivity contribution is -0.914. The van der Waals surface area contributed by atoms with Crippen LogP contribution < -0.4 is 19.9 Å². The molecule has 0 aliphatic carbocycles. The normalized spacial score (nSPS) is 16.2. The summed E-state index contributed by atoms with van der Waals surface area (Å²) < 4.78 is 5.13. The van der Waals surface area contributed by atoms with E-state index in [4.69, 9.17) is 4.74 Å². The van der Waals surface area contributed by atoms with Crippen molar-refractivity contribution in [3.8, 4) is 11.5 Å². The number of carbonyl (C=O) groups is 1. The van der Waals surface area contributed by atoms with Crippen LogP contribution in [0.15, 0.2) is 48.5 Å². The van der Waals surface area contributed by atoms with E-state index in [1.54, 1.807) is 13.2 Å². The molecule has 2 aromatic rings. The van der Waals surface area contributed by atoms with Gasteiger partial charge in [0, 0.05) is 5.69 Å². The van der Waals surface area contributed by atoms with E-state index in [1.807, 2.05) is 49.4 Å². The molecule has 0 saturated carbocycles. The molecule has 138 valence electrons. The van der Waals surface area contributed by atoms with Gasteiger partial charge in [-0.25, -0.2) is 0 Å². The van der Waals surface area contributed by atoms with E-state index in [0.29, 0.717) is 5.75 Å². The van der Waals surface area contributed by atoms with Crippen LogP contribution >= 0.6 is 0 Å². The topological polar surface area (TPSA) is 66.2 Å². The Hall–Kier alpha value is -2.73. The number of hydrogen-bond acceptors (Lipinski definition) is 4. The molecule has 1 aliphatic rings. The zero-order valence-electron chi connectivity index (χ0n) is 15.2. The highest BCUT2D eigenvalue weighted by Crippen LogP contribution is 2.26. The van der Waals surface area contributed by atoms with Gasteiger partial charge in [0.05, 0.1) is 39.0 Å². The summed E-state index contributed by atoms with van der Waals surface area (Å²) >= 11 is 0. The molecule has 6 heteroatoms. The number of piperazine rings is 1. The fourth-order valence-electron chi connectivity index (χ4n) is 3.31. The summed E-state index contributed by atoms with van der Waals surface area (Å²) in [5.74, 6) is 1.09. The number of rotatable bonds is 5. The number of quaternary nitrogens is 1. The molecule has 0 bridgehead atoms. The van der Waals surface area contributed by atoms with Gasteiger partial charge in [-0.15, -0.1) is 0 Å². The molecule has 0 aromatic heterocycles. The number of benzene rings is 2. The number of phenols is 1. The number of nitrogens with one attached hydrogen (secondary N) is 2. The van der Waals surface area contributed by atoms with E-state index in [-0.39, 0.29) is 11.9 Å². The SMILES string of the molecule is COc1ccc(NC(=O)[C@H](C)[NH+]2CCN(c3ccccc3O)CC2)cc1. The van der Waals surface area contributed by atoms with Gasteiger partial charge in [0.25, 0.3) is 5.91 Å². The number of carbonyl (C=O) groups excluding carboxylic acids is 1. The van der Waals surface area contributed by atoms with Crippen molar-refractivity contribution in [2.45, 2.75) is 13.0 Å². The average Bonchev–Trinajstić information content (AvgIpc) is 2.68. The minimum atomic E-state index is -0.136. The van der Waals surface area contributed by atoms with E-state index < -0.39 is 0 Å². The Morgan fingerprint density at radius 3 is 2.42 bits per heavy atom. The van der Waals surface area contributed by atoms with E-state index in [1.165, 1.54) is 4.90 Å². The van der Waals surface area contributed by atoms with Crippen LogP contribution in [0.25, 0.3) is 0 Å². The van der Waals surface area contributed by atoms with Crippen LogP contribution in [-0.2, 0) is 4.79 Å². The molecule has 2 aromatic carbocycles. The molecule has 1 atom stereocenters. The van der Waals surface area contributed by atoms with Gasteiger partial charge in [-0.05, 0) is 43.3 Å². The first-order valence-corrected chi connectivity index (χ1v) is 8.91. The highest BCUT2D eigenvalue weighted by Gasteiger charge is 2.29. The number of hydrogen-bond donors (Lipinski definition) is 3. The smallest absolute Gasteiger partial charge is 0.282 e. The lowest BCUT2D eigenvalue weighted by Gasteiger charge is -2.36. The first-order valence-electron chi connectivity index (χ1n) is 8.91. The quantitative estimate of drug-likeness (QED) is 0.752. The highest BCUT2D eigenvalue weighted by atomic mass is 16.5. The zero-order chi connectivity index (χ0) is 18.5. The maximum atomic E-state index is 12.6. The van der Waals surface area contributed by atoms with E-state index in [2.05, 4.69) is 10.2 Å². The van der Waals surface area contributed by atoms with Crippen molar-refractivity contribution in [1.82, 2.24) is 0 Å². The number of anilines is 2. The molecule has 1 saturated heterocycles. The van der Waals surface area contributed by atoms with Gasteiger partial charge in [-0.1, -0.05) is 12.1 Å². The fourth-order valence-corrected chi connectivity index (χ4v) is 3.31. The Labute approximate surface area is 154 Å². The third-order valence-corrected chi connectivity index (χ3v) is 4.99. The summed E-state index contributed by atoms with van der Waals surface area (Å²) in [5, 5.41) is 13.0. The fraction of sp³-hybridized carbons (Fsp3) is 0.350.